The van der Waals surface area contributed by atoms with Crippen LogP contribution in [0.5, 0.6) is 0 Å². The van der Waals surface area contributed by atoms with Gasteiger partial charge in [0.15, 0.2) is 0 Å². The van der Waals surface area contributed by atoms with Gasteiger partial charge in [0.1, 0.15) is 0 Å². The highest BCUT2D eigenvalue weighted by molar-refractivity contribution is 7.22. The number of carbonyl (C=O) groups excluding carboxylic acids is 1. The standard InChI is InChI=1S/C16H11ClOS/c17-16(18)15-13(10-11-6-2-1-3-7-11)12-8-4-5-9-14(12)19-15/h1-9H,10H2. The number of carbonyl (C=O) groups is 1. The van der Waals surface area contributed by atoms with Gasteiger partial charge in [-0.3, -0.25) is 4.79 Å². The predicted octanol–water partition coefficient (Wildman–Crippen LogP) is 4.87. The SMILES string of the molecule is O=C(Cl)c1sc2ccccc2c1Cc1ccccc1. The number of benzene rings is 2. The van der Waals surface area contributed by atoms with Crippen molar-refractivity contribution in [1.82, 2.24) is 0 Å². The zero-order valence-corrected chi connectivity index (χ0v) is 11.7. The number of thiophene rings is 1. The summed E-state index contributed by atoms with van der Waals surface area (Å²) < 4.78 is 1.11. The summed E-state index contributed by atoms with van der Waals surface area (Å²) in [5.74, 6) is 0. The van der Waals surface area contributed by atoms with Crippen LogP contribution in [0.15, 0.2) is 54.6 Å². The second kappa shape index (κ2) is 5.16. The lowest BCUT2D eigenvalue weighted by molar-refractivity contribution is 0.108. The van der Waals surface area contributed by atoms with E-state index in [4.69, 9.17) is 11.6 Å². The topological polar surface area (TPSA) is 17.1 Å². The molecular formula is C16H11ClOS. The van der Waals surface area contributed by atoms with Crippen molar-refractivity contribution in [2.75, 3.05) is 0 Å². The van der Waals surface area contributed by atoms with E-state index in [1.165, 1.54) is 16.9 Å². The lowest BCUT2D eigenvalue weighted by Gasteiger charge is -2.02. The number of rotatable bonds is 3. The Labute approximate surface area is 120 Å². The number of fused-ring (bicyclic) bond motifs is 1. The van der Waals surface area contributed by atoms with E-state index in [0.717, 1.165) is 22.1 Å². The summed E-state index contributed by atoms with van der Waals surface area (Å²) in [6.45, 7) is 0. The highest BCUT2D eigenvalue weighted by atomic mass is 35.5. The minimum absolute atomic E-state index is 0.368. The summed E-state index contributed by atoms with van der Waals surface area (Å²) in [6, 6.07) is 18.2. The molecule has 3 rings (SSSR count). The summed E-state index contributed by atoms with van der Waals surface area (Å²) in [5.41, 5.74) is 2.22. The van der Waals surface area contributed by atoms with Gasteiger partial charge in [-0.15, -0.1) is 11.3 Å². The van der Waals surface area contributed by atoms with Gasteiger partial charge in [0.2, 0.25) is 0 Å². The van der Waals surface area contributed by atoms with Gasteiger partial charge < -0.3 is 0 Å². The Bertz CT molecular complexity index is 731. The third-order valence-corrected chi connectivity index (χ3v) is 4.61. The zero-order chi connectivity index (χ0) is 13.2. The van der Waals surface area contributed by atoms with Crippen molar-refractivity contribution in [2.24, 2.45) is 0 Å². The molecule has 0 amide bonds. The summed E-state index contributed by atoms with van der Waals surface area (Å²) in [5, 5.41) is 0.757. The van der Waals surface area contributed by atoms with E-state index in [1.807, 2.05) is 42.5 Å². The normalized spacial score (nSPS) is 10.8. The van der Waals surface area contributed by atoms with E-state index < -0.39 is 0 Å². The first-order valence-electron chi connectivity index (χ1n) is 6.00. The lowest BCUT2D eigenvalue weighted by atomic mass is 10.0. The van der Waals surface area contributed by atoms with E-state index >= 15 is 0 Å². The van der Waals surface area contributed by atoms with Crippen LogP contribution < -0.4 is 0 Å². The first-order valence-corrected chi connectivity index (χ1v) is 7.19. The van der Waals surface area contributed by atoms with Crippen molar-refractivity contribution >= 4 is 38.3 Å². The van der Waals surface area contributed by atoms with Gasteiger partial charge in [-0.2, -0.15) is 0 Å². The maximum Gasteiger partial charge on any atom is 0.262 e. The molecule has 2 aromatic carbocycles. The van der Waals surface area contributed by atoms with Crippen molar-refractivity contribution < 1.29 is 4.79 Å². The fraction of sp³-hybridized carbons (Fsp3) is 0.0625. The highest BCUT2D eigenvalue weighted by Gasteiger charge is 2.16. The minimum atomic E-state index is -0.368. The molecule has 3 aromatic rings. The van der Waals surface area contributed by atoms with Gasteiger partial charge in [-0.05, 0) is 40.6 Å². The van der Waals surface area contributed by atoms with Gasteiger partial charge >= 0.3 is 0 Å². The molecule has 0 unspecified atom stereocenters. The molecule has 0 radical (unpaired) electrons. The molecule has 0 aliphatic carbocycles. The van der Waals surface area contributed by atoms with Crippen LogP contribution in [0.4, 0.5) is 0 Å². The Morgan fingerprint density at radius 3 is 2.42 bits per heavy atom. The average molecular weight is 287 g/mol. The zero-order valence-electron chi connectivity index (χ0n) is 10.1. The molecular weight excluding hydrogens is 276 g/mol. The molecule has 0 aliphatic heterocycles. The average Bonchev–Trinajstić information content (AvgIpc) is 2.79. The fourth-order valence-corrected chi connectivity index (χ4v) is 3.52. The monoisotopic (exact) mass is 286 g/mol. The van der Waals surface area contributed by atoms with Crippen molar-refractivity contribution in [3.63, 3.8) is 0 Å². The summed E-state index contributed by atoms with van der Waals surface area (Å²) >= 11 is 7.19. The Kier molecular flexibility index (Phi) is 3.36. The molecule has 0 fully saturated rings. The van der Waals surface area contributed by atoms with Crippen LogP contribution in [0, 0.1) is 0 Å². The van der Waals surface area contributed by atoms with E-state index in [-0.39, 0.29) is 5.24 Å². The summed E-state index contributed by atoms with van der Waals surface area (Å²) in [4.78, 5) is 12.3. The molecule has 0 atom stereocenters. The molecule has 1 nitrogen and oxygen atoms in total. The molecule has 1 heterocycles. The Morgan fingerprint density at radius 2 is 1.68 bits per heavy atom. The van der Waals surface area contributed by atoms with E-state index in [2.05, 4.69) is 12.1 Å². The van der Waals surface area contributed by atoms with E-state index in [9.17, 15) is 4.79 Å². The fourth-order valence-electron chi connectivity index (χ4n) is 2.23. The highest BCUT2D eigenvalue weighted by Crippen LogP contribution is 2.33. The molecule has 19 heavy (non-hydrogen) atoms. The second-order valence-electron chi connectivity index (χ2n) is 4.34. The van der Waals surface area contributed by atoms with Crippen LogP contribution in [0.1, 0.15) is 20.8 Å². The van der Waals surface area contributed by atoms with Gasteiger partial charge in [0, 0.05) is 4.70 Å². The maximum absolute atomic E-state index is 11.6. The Morgan fingerprint density at radius 1 is 1.00 bits per heavy atom. The van der Waals surface area contributed by atoms with Crippen LogP contribution in [0.3, 0.4) is 0 Å². The molecule has 0 saturated heterocycles. The number of halogens is 1. The van der Waals surface area contributed by atoms with Crippen LogP contribution in [-0.2, 0) is 6.42 Å². The number of hydrogen-bond acceptors (Lipinski definition) is 2. The Hall–Kier alpha value is -1.64. The van der Waals surface area contributed by atoms with Crippen molar-refractivity contribution in [3.05, 3.63) is 70.6 Å². The van der Waals surface area contributed by atoms with Crippen LogP contribution >= 0.6 is 22.9 Å². The summed E-state index contributed by atoms with van der Waals surface area (Å²) in [7, 11) is 0. The molecule has 1 aromatic heterocycles. The molecule has 0 saturated carbocycles. The van der Waals surface area contributed by atoms with Crippen LogP contribution in [0.2, 0.25) is 0 Å². The van der Waals surface area contributed by atoms with Crippen LogP contribution in [-0.4, -0.2) is 5.24 Å². The van der Waals surface area contributed by atoms with Gasteiger partial charge in [-0.1, -0.05) is 48.5 Å². The molecule has 0 aliphatic rings. The summed E-state index contributed by atoms with van der Waals surface area (Å²) in [6.07, 6.45) is 0.735. The molecule has 0 spiro atoms. The predicted molar refractivity (Wildman–Crippen MR) is 81.3 cm³/mol. The van der Waals surface area contributed by atoms with E-state index in [0.29, 0.717) is 4.88 Å². The largest absolute Gasteiger partial charge is 0.275 e. The maximum atomic E-state index is 11.6. The van der Waals surface area contributed by atoms with Gasteiger partial charge in [-0.25, -0.2) is 0 Å². The molecule has 94 valence electrons. The first-order chi connectivity index (χ1) is 9.25. The smallest absolute Gasteiger partial charge is 0.262 e. The van der Waals surface area contributed by atoms with Gasteiger partial charge in [0.05, 0.1) is 4.88 Å². The quantitative estimate of drug-likeness (QED) is 0.628. The van der Waals surface area contributed by atoms with Gasteiger partial charge in [0.25, 0.3) is 5.24 Å². The van der Waals surface area contributed by atoms with Crippen molar-refractivity contribution in [1.29, 1.82) is 0 Å². The molecule has 0 bridgehead atoms. The lowest BCUT2D eigenvalue weighted by Crippen LogP contribution is -1.94. The van der Waals surface area contributed by atoms with Crippen molar-refractivity contribution in [3.8, 4) is 0 Å². The van der Waals surface area contributed by atoms with Crippen LogP contribution in [0.25, 0.3) is 10.1 Å². The van der Waals surface area contributed by atoms with E-state index in [1.54, 1.807) is 0 Å². The Balaban J connectivity index is 2.15. The molecule has 0 N–H and O–H groups in total. The number of hydrogen-bond donors (Lipinski definition) is 0. The second-order valence-corrected chi connectivity index (χ2v) is 5.74. The first kappa shape index (κ1) is 12.4. The third-order valence-electron chi connectivity index (χ3n) is 3.10. The third kappa shape index (κ3) is 2.42. The minimum Gasteiger partial charge on any atom is -0.275 e. The van der Waals surface area contributed by atoms with Crippen molar-refractivity contribution in [2.45, 2.75) is 6.42 Å². The molecule has 3 heteroatoms.